The van der Waals surface area contributed by atoms with Crippen molar-refractivity contribution in [1.82, 2.24) is 19.6 Å². The van der Waals surface area contributed by atoms with Gasteiger partial charge in [0, 0.05) is 18.1 Å². The number of para-hydroxylation sites is 1. The number of amides is 1. The van der Waals surface area contributed by atoms with Gasteiger partial charge in [0.2, 0.25) is 0 Å². The van der Waals surface area contributed by atoms with Crippen molar-refractivity contribution in [2.75, 3.05) is 27.2 Å². The summed E-state index contributed by atoms with van der Waals surface area (Å²) in [5.41, 5.74) is 2.65. The number of Topliss-reactive ketones (excluding diaryl/α,β-unsaturated/α-hetero) is 1. The largest absolute Gasteiger partial charge is 0.507 e. The molecule has 1 amide bonds. The molecular formula is C25H25ClN4O3. The van der Waals surface area contributed by atoms with Crippen LogP contribution in [0.25, 0.3) is 11.4 Å². The highest BCUT2D eigenvalue weighted by Crippen LogP contribution is 2.40. The topological polar surface area (TPSA) is 78.7 Å². The summed E-state index contributed by atoms with van der Waals surface area (Å²) in [6.07, 6.45) is 1.52. The Labute approximate surface area is 197 Å². The zero-order chi connectivity index (χ0) is 23.7. The second-order valence-corrected chi connectivity index (χ2v) is 8.67. The predicted octanol–water partition coefficient (Wildman–Crippen LogP) is 3.82. The van der Waals surface area contributed by atoms with Crippen molar-refractivity contribution < 1.29 is 14.7 Å². The van der Waals surface area contributed by atoms with E-state index in [-0.39, 0.29) is 11.3 Å². The zero-order valence-electron chi connectivity index (χ0n) is 18.7. The van der Waals surface area contributed by atoms with Crippen LogP contribution in [0.2, 0.25) is 5.02 Å². The number of nitrogens with zero attached hydrogens (tertiary/aromatic N) is 4. The minimum atomic E-state index is -0.721. The molecule has 0 aliphatic carbocycles. The third-order valence-corrected chi connectivity index (χ3v) is 6.03. The molecule has 2 aromatic carbocycles. The zero-order valence-corrected chi connectivity index (χ0v) is 19.5. The van der Waals surface area contributed by atoms with E-state index in [0.29, 0.717) is 34.9 Å². The molecule has 8 heteroatoms. The van der Waals surface area contributed by atoms with Gasteiger partial charge < -0.3 is 14.9 Å². The van der Waals surface area contributed by atoms with Crippen LogP contribution in [-0.4, -0.2) is 63.6 Å². The molecule has 0 spiro atoms. The lowest BCUT2D eigenvalue weighted by atomic mass is 9.95. The second kappa shape index (κ2) is 9.21. The van der Waals surface area contributed by atoms with Crippen LogP contribution >= 0.6 is 11.6 Å². The van der Waals surface area contributed by atoms with Crippen molar-refractivity contribution in [2.24, 2.45) is 0 Å². The molecule has 0 bridgehead atoms. The number of hydrogen-bond donors (Lipinski definition) is 1. The Hall–Kier alpha value is -3.42. The maximum atomic E-state index is 13.1. The summed E-state index contributed by atoms with van der Waals surface area (Å²) in [4.78, 5) is 29.6. The molecule has 2 heterocycles. The molecule has 0 saturated carbocycles. The lowest BCUT2D eigenvalue weighted by Crippen LogP contribution is -2.35. The van der Waals surface area contributed by atoms with Crippen LogP contribution in [0.3, 0.4) is 0 Å². The molecule has 1 saturated heterocycles. The van der Waals surface area contributed by atoms with Gasteiger partial charge in [-0.15, -0.1) is 0 Å². The molecular weight excluding hydrogens is 440 g/mol. The first-order valence-electron chi connectivity index (χ1n) is 10.6. The van der Waals surface area contributed by atoms with Crippen LogP contribution in [0.1, 0.15) is 22.9 Å². The predicted molar refractivity (Wildman–Crippen MR) is 127 cm³/mol. The Bertz CT molecular complexity index is 1220. The number of carbonyl (C=O) groups is 2. The fourth-order valence-corrected chi connectivity index (χ4v) is 4.15. The van der Waals surface area contributed by atoms with Crippen LogP contribution in [0, 0.1) is 6.92 Å². The Morgan fingerprint density at radius 2 is 1.76 bits per heavy atom. The van der Waals surface area contributed by atoms with Crippen molar-refractivity contribution in [3.63, 3.8) is 0 Å². The summed E-state index contributed by atoms with van der Waals surface area (Å²) in [5.74, 6) is -1.58. The summed E-state index contributed by atoms with van der Waals surface area (Å²) in [5, 5.41) is 16.3. The Kier molecular flexibility index (Phi) is 6.35. The SMILES string of the molecule is Cc1c(C(O)=C2C(=O)C(=O)N(CCN(C)C)[C@H]2c2ccc(Cl)cc2)cnn1-c1ccccc1. The van der Waals surface area contributed by atoms with Crippen molar-refractivity contribution >= 4 is 29.1 Å². The smallest absolute Gasteiger partial charge is 0.295 e. The van der Waals surface area contributed by atoms with Gasteiger partial charge in [-0.2, -0.15) is 5.10 Å². The molecule has 1 aromatic heterocycles. The Morgan fingerprint density at radius 3 is 2.39 bits per heavy atom. The normalized spacial score (nSPS) is 17.8. The Morgan fingerprint density at radius 1 is 1.09 bits per heavy atom. The number of aromatic nitrogens is 2. The second-order valence-electron chi connectivity index (χ2n) is 8.24. The van der Waals surface area contributed by atoms with Crippen LogP contribution in [0.4, 0.5) is 0 Å². The first-order valence-corrected chi connectivity index (χ1v) is 11.0. The van der Waals surface area contributed by atoms with Gasteiger partial charge in [-0.3, -0.25) is 9.59 Å². The van der Waals surface area contributed by atoms with Gasteiger partial charge in [0.05, 0.1) is 34.8 Å². The number of aliphatic hydroxyl groups is 1. The molecule has 33 heavy (non-hydrogen) atoms. The van der Waals surface area contributed by atoms with E-state index in [9.17, 15) is 14.7 Å². The summed E-state index contributed by atoms with van der Waals surface area (Å²) >= 11 is 6.06. The molecule has 170 valence electrons. The van der Waals surface area contributed by atoms with E-state index in [1.54, 1.807) is 28.9 Å². The summed E-state index contributed by atoms with van der Waals surface area (Å²) in [7, 11) is 3.80. The van der Waals surface area contributed by atoms with Gasteiger partial charge in [0.15, 0.2) is 0 Å². The number of halogens is 1. The lowest BCUT2D eigenvalue weighted by Gasteiger charge is -2.26. The van der Waals surface area contributed by atoms with E-state index in [4.69, 9.17) is 11.6 Å². The molecule has 1 aliphatic heterocycles. The maximum Gasteiger partial charge on any atom is 0.295 e. The van der Waals surface area contributed by atoms with Gasteiger partial charge in [-0.25, -0.2) is 4.68 Å². The highest BCUT2D eigenvalue weighted by atomic mass is 35.5. The number of likely N-dealkylation sites (N-methyl/N-ethyl adjacent to an activating group) is 1. The highest BCUT2D eigenvalue weighted by molar-refractivity contribution is 6.46. The number of likely N-dealkylation sites (tertiary alicyclic amines) is 1. The number of rotatable bonds is 6. The van der Waals surface area contributed by atoms with Crippen molar-refractivity contribution in [3.8, 4) is 5.69 Å². The van der Waals surface area contributed by atoms with Gasteiger partial charge in [-0.1, -0.05) is 41.9 Å². The molecule has 1 atom stereocenters. The number of benzene rings is 2. The minimum absolute atomic E-state index is 0.0526. The van der Waals surface area contributed by atoms with Gasteiger partial charge in [0.25, 0.3) is 11.7 Å². The first kappa shape index (κ1) is 22.8. The summed E-state index contributed by atoms with van der Waals surface area (Å²) in [6.45, 7) is 2.72. The lowest BCUT2D eigenvalue weighted by molar-refractivity contribution is -0.140. The summed E-state index contributed by atoms with van der Waals surface area (Å²) < 4.78 is 1.69. The third-order valence-electron chi connectivity index (χ3n) is 5.78. The molecule has 0 radical (unpaired) electrons. The molecule has 1 aliphatic rings. The van der Waals surface area contributed by atoms with Gasteiger partial charge in [0.1, 0.15) is 5.76 Å². The van der Waals surface area contributed by atoms with Crippen molar-refractivity contribution in [2.45, 2.75) is 13.0 Å². The third kappa shape index (κ3) is 4.29. The molecule has 7 nitrogen and oxygen atoms in total. The maximum absolute atomic E-state index is 13.1. The number of carbonyl (C=O) groups excluding carboxylic acids is 2. The fraction of sp³-hybridized carbons (Fsp3) is 0.240. The van der Waals surface area contributed by atoms with Crippen molar-refractivity contribution in [1.29, 1.82) is 0 Å². The van der Waals surface area contributed by atoms with E-state index >= 15 is 0 Å². The number of aliphatic hydroxyl groups excluding tert-OH is 1. The monoisotopic (exact) mass is 464 g/mol. The van der Waals surface area contributed by atoms with Gasteiger partial charge >= 0.3 is 0 Å². The fourth-order valence-electron chi connectivity index (χ4n) is 4.03. The van der Waals surface area contributed by atoms with E-state index in [1.165, 1.54) is 11.1 Å². The van der Waals surface area contributed by atoms with Crippen molar-refractivity contribution in [3.05, 3.63) is 88.2 Å². The van der Waals surface area contributed by atoms with Crippen LogP contribution in [0.5, 0.6) is 0 Å². The molecule has 3 aromatic rings. The molecule has 1 N–H and O–H groups in total. The van der Waals surface area contributed by atoms with Gasteiger partial charge in [-0.05, 0) is 50.8 Å². The van der Waals surface area contributed by atoms with Crippen LogP contribution < -0.4 is 0 Å². The van der Waals surface area contributed by atoms with E-state index < -0.39 is 17.7 Å². The standard InChI is InChI=1S/C25H25ClN4O3/c1-16-20(15-27-30(16)19-7-5-4-6-8-19)23(31)21-22(17-9-11-18(26)12-10-17)29(14-13-28(2)3)25(33)24(21)32/h4-12,15,22,31H,13-14H2,1-3H3/t22-/m0/s1. The van der Waals surface area contributed by atoms with E-state index in [2.05, 4.69) is 5.10 Å². The van der Waals surface area contributed by atoms with E-state index in [0.717, 1.165) is 5.69 Å². The van der Waals surface area contributed by atoms with Crippen LogP contribution in [-0.2, 0) is 9.59 Å². The highest BCUT2D eigenvalue weighted by Gasteiger charge is 2.46. The molecule has 4 rings (SSSR count). The minimum Gasteiger partial charge on any atom is -0.507 e. The number of hydrogen-bond acceptors (Lipinski definition) is 5. The average molecular weight is 465 g/mol. The first-order chi connectivity index (χ1) is 15.8. The Balaban J connectivity index is 1.84. The molecule has 1 fully saturated rings. The average Bonchev–Trinajstić information content (AvgIpc) is 3.30. The summed E-state index contributed by atoms with van der Waals surface area (Å²) in [6, 6.07) is 15.7. The van der Waals surface area contributed by atoms with Crippen LogP contribution in [0.15, 0.2) is 66.4 Å². The van der Waals surface area contributed by atoms with E-state index in [1.807, 2.05) is 56.3 Å². The number of ketones is 1. The quantitative estimate of drug-likeness (QED) is 0.341. The molecule has 0 unspecified atom stereocenters.